The molecule has 106 valence electrons. The summed E-state index contributed by atoms with van der Waals surface area (Å²) in [6, 6.07) is 5.25. The Kier molecular flexibility index (Phi) is 5.01. The lowest BCUT2D eigenvalue weighted by molar-refractivity contribution is -0.134. The monoisotopic (exact) mass is 286 g/mol. The van der Waals surface area contributed by atoms with Gasteiger partial charge in [0.15, 0.2) is 11.5 Å². The second-order valence-corrected chi connectivity index (χ2v) is 7.96. The van der Waals surface area contributed by atoms with Gasteiger partial charge in [-0.3, -0.25) is 4.79 Å². The summed E-state index contributed by atoms with van der Waals surface area (Å²) in [4.78, 5) is 10.8. The maximum atomic E-state index is 12.4. The van der Waals surface area contributed by atoms with E-state index in [1.54, 1.807) is 25.1 Å². The molecule has 1 aromatic carbocycles. The van der Waals surface area contributed by atoms with Crippen molar-refractivity contribution >= 4 is 13.1 Å². The fraction of sp³-hybridized carbons (Fsp3) is 0.462. The van der Waals surface area contributed by atoms with Crippen LogP contribution in [0.4, 0.5) is 0 Å². The highest BCUT2D eigenvalue weighted by Gasteiger charge is 2.28. The minimum absolute atomic E-state index is 0.317. The van der Waals surface area contributed by atoms with Gasteiger partial charge in [0, 0.05) is 5.66 Å². The quantitative estimate of drug-likeness (QED) is 0.814. The molecule has 6 heteroatoms. The summed E-state index contributed by atoms with van der Waals surface area (Å²) in [6.45, 7) is 3.29. The summed E-state index contributed by atoms with van der Waals surface area (Å²) in [6.07, 6.45) is -0.317. The fourth-order valence-corrected chi connectivity index (χ4v) is 3.44. The average Bonchev–Trinajstić information content (AvgIpc) is 2.35. The van der Waals surface area contributed by atoms with Crippen LogP contribution in [0.1, 0.15) is 18.1 Å². The molecule has 1 N–H and O–H groups in total. The molecule has 0 radical (unpaired) electrons. The van der Waals surface area contributed by atoms with Crippen LogP contribution in [0.15, 0.2) is 18.2 Å². The predicted molar refractivity (Wildman–Crippen MR) is 74.0 cm³/mol. The Hall–Kier alpha value is -1.48. The molecule has 0 aliphatic carbocycles. The number of ether oxygens (including phenoxy) is 2. The molecule has 2 atom stereocenters. The van der Waals surface area contributed by atoms with Gasteiger partial charge >= 0.3 is 5.97 Å². The first kappa shape index (κ1) is 15.6. The summed E-state index contributed by atoms with van der Waals surface area (Å²) in [5, 5.41) is 8.81. The van der Waals surface area contributed by atoms with Gasteiger partial charge in [0.1, 0.15) is 7.14 Å². The standard InChI is InChI=1S/C13H19O5P/c1-9(19(4,16)8-13(14)15)10-5-6-11(17-2)12(7-10)18-3/h5-7,9H,8H2,1-4H3,(H,14,15). The third-order valence-corrected chi connectivity index (χ3v) is 5.99. The Balaban J connectivity index is 3.09. The van der Waals surface area contributed by atoms with Crippen molar-refractivity contribution in [2.45, 2.75) is 12.6 Å². The molecule has 0 fully saturated rings. The number of aliphatic carboxylic acids is 1. The second kappa shape index (κ2) is 6.11. The Morgan fingerprint density at radius 2 is 1.89 bits per heavy atom. The van der Waals surface area contributed by atoms with E-state index >= 15 is 0 Å². The molecule has 0 bridgehead atoms. The van der Waals surface area contributed by atoms with Crippen LogP contribution >= 0.6 is 7.14 Å². The minimum Gasteiger partial charge on any atom is -0.493 e. The molecule has 0 saturated carbocycles. The van der Waals surface area contributed by atoms with Crippen molar-refractivity contribution in [3.05, 3.63) is 23.8 Å². The molecule has 1 aromatic rings. The van der Waals surface area contributed by atoms with Crippen molar-refractivity contribution in [3.8, 4) is 11.5 Å². The normalized spacial score (nSPS) is 15.4. The largest absolute Gasteiger partial charge is 0.493 e. The Bertz CT molecular complexity index is 512. The van der Waals surface area contributed by atoms with Crippen LogP contribution in [0.3, 0.4) is 0 Å². The number of carboxylic acid groups (broad SMARTS) is 1. The van der Waals surface area contributed by atoms with Gasteiger partial charge in [-0.15, -0.1) is 0 Å². The molecule has 5 nitrogen and oxygen atoms in total. The van der Waals surface area contributed by atoms with Gasteiger partial charge in [-0.1, -0.05) is 13.0 Å². The summed E-state index contributed by atoms with van der Waals surface area (Å²) in [5.74, 6) is 0.0861. The van der Waals surface area contributed by atoms with Crippen molar-refractivity contribution in [3.63, 3.8) is 0 Å². The molecule has 19 heavy (non-hydrogen) atoms. The highest BCUT2D eigenvalue weighted by molar-refractivity contribution is 7.64. The Morgan fingerprint density at radius 1 is 1.32 bits per heavy atom. The lowest BCUT2D eigenvalue weighted by Crippen LogP contribution is -2.07. The topological polar surface area (TPSA) is 72.8 Å². The molecule has 0 amide bonds. The van der Waals surface area contributed by atoms with Crippen LogP contribution < -0.4 is 9.47 Å². The molecule has 0 aromatic heterocycles. The minimum atomic E-state index is -2.81. The predicted octanol–water partition coefficient (Wildman–Crippen LogP) is 2.84. The van der Waals surface area contributed by atoms with Crippen LogP contribution in [0.5, 0.6) is 11.5 Å². The van der Waals surface area contributed by atoms with Gasteiger partial charge in [-0.2, -0.15) is 0 Å². The lowest BCUT2D eigenvalue weighted by atomic mass is 10.1. The smallest absolute Gasteiger partial charge is 0.310 e. The van der Waals surface area contributed by atoms with Crippen LogP contribution in [-0.2, 0) is 9.36 Å². The number of hydrogen-bond acceptors (Lipinski definition) is 4. The molecule has 0 spiro atoms. The molecule has 0 saturated heterocycles. The van der Waals surface area contributed by atoms with Crippen LogP contribution in [0.2, 0.25) is 0 Å². The van der Waals surface area contributed by atoms with Crippen molar-refractivity contribution in [1.82, 2.24) is 0 Å². The fourth-order valence-electron chi connectivity index (χ4n) is 1.83. The summed E-state index contributed by atoms with van der Waals surface area (Å²) < 4.78 is 22.7. The number of methoxy groups -OCH3 is 2. The van der Waals surface area contributed by atoms with E-state index in [0.717, 1.165) is 5.56 Å². The zero-order valence-electron chi connectivity index (χ0n) is 11.5. The van der Waals surface area contributed by atoms with E-state index < -0.39 is 13.1 Å². The Labute approximate surface area is 112 Å². The zero-order chi connectivity index (χ0) is 14.6. The molecule has 2 unspecified atom stereocenters. The van der Waals surface area contributed by atoms with Crippen LogP contribution in [-0.4, -0.2) is 38.1 Å². The maximum absolute atomic E-state index is 12.4. The summed E-state index contributed by atoms with van der Waals surface area (Å²) >= 11 is 0. The van der Waals surface area contributed by atoms with E-state index in [4.69, 9.17) is 14.6 Å². The third kappa shape index (κ3) is 3.74. The van der Waals surface area contributed by atoms with Gasteiger partial charge in [0.2, 0.25) is 0 Å². The van der Waals surface area contributed by atoms with E-state index in [1.807, 2.05) is 0 Å². The van der Waals surface area contributed by atoms with Gasteiger partial charge in [-0.25, -0.2) is 0 Å². The van der Waals surface area contributed by atoms with E-state index in [9.17, 15) is 9.36 Å². The van der Waals surface area contributed by atoms with Crippen molar-refractivity contribution < 1.29 is 23.9 Å². The summed E-state index contributed by atoms with van der Waals surface area (Å²) in [7, 11) is 0.249. The van der Waals surface area contributed by atoms with Crippen molar-refractivity contribution in [2.75, 3.05) is 27.0 Å². The van der Waals surface area contributed by atoms with Crippen molar-refractivity contribution in [2.24, 2.45) is 0 Å². The van der Waals surface area contributed by atoms with E-state index in [2.05, 4.69) is 0 Å². The second-order valence-electron chi connectivity index (χ2n) is 4.52. The number of hydrogen-bond donors (Lipinski definition) is 1. The summed E-state index contributed by atoms with van der Waals surface area (Å²) in [5.41, 5.74) is 0.438. The van der Waals surface area contributed by atoms with Gasteiger partial charge < -0.3 is 19.1 Å². The first-order chi connectivity index (χ1) is 8.81. The first-order valence-electron chi connectivity index (χ1n) is 5.81. The average molecular weight is 286 g/mol. The number of rotatable bonds is 6. The number of carboxylic acids is 1. The van der Waals surface area contributed by atoms with E-state index in [1.165, 1.54) is 20.9 Å². The van der Waals surface area contributed by atoms with Crippen LogP contribution in [0.25, 0.3) is 0 Å². The molecular weight excluding hydrogens is 267 g/mol. The molecule has 0 heterocycles. The maximum Gasteiger partial charge on any atom is 0.310 e. The highest BCUT2D eigenvalue weighted by atomic mass is 31.2. The first-order valence-corrected chi connectivity index (χ1v) is 8.22. The van der Waals surface area contributed by atoms with Gasteiger partial charge in [0.05, 0.1) is 20.4 Å². The number of benzene rings is 1. The highest BCUT2D eigenvalue weighted by Crippen LogP contribution is 2.56. The molecule has 0 aliphatic rings. The van der Waals surface area contributed by atoms with Crippen LogP contribution in [0, 0.1) is 0 Å². The zero-order valence-corrected chi connectivity index (χ0v) is 12.4. The molecular formula is C13H19O5P. The van der Waals surface area contributed by atoms with E-state index in [-0.39, 0.29) is 11.8 Å². The third-order valence-electron chi connectivity index (χ3n) is 3.16. The van der Waals surface area contributed by atoms with E-state index in [0.29, 0.717) is 11.5 Å². The molecule has 0 aliphatic heterocycles. The van der Waals surface area contributed by atoms with Gasteiger partial charge in [0.25, 0.3) is 0 Å². The van der Waals surface area contributed by atoms with Gasteiger partial charge in [-0.05, 0) is 24.4 Å². The number of carbonyl (C=O) groups is 1. The molecule has 1 rings (SSSR count). The lowest BCUT2D eigenvalue weighted by Gasteiger charge is -2.20. The Morgan fingerprint density at radius 3 is 2.37 bits per heavy atom. The van der Waals surface area contributed by atoms with Crippen molar-refractivity contribution in [1.29, 1.82) is 0 Å². The SMILES string of the molecule is COc1ccc(C(C)P(C)(=O)CC(=O)O)cc1OC.